The van der Waals surface area contributed by atoms with Crippen LogP contribution in [-0.2, 0) is 9.59 Å². The molecule has 0 spiro atoms. The Balaban J connectivity index is 2.57. The number of hydrogen-bond donors (Lipinski definition) is 1. The van der Waals surface area contributed by atoms with Crippen molar-refractivity contribution in [1.82, 2.24) is 5.32 Å². The Labute approximate surface area is 114 Å². The minimum atomic E-state index is -1.11. The zero-order chi connectivity index (χ0) is 14.0. The zero-order valence-corrected chi connectivity index (χ0v) is 10.4. The van der Waals surface area contributed by atoms with Gasteiger partial charge in [0.25, 0.3) is 0 Å². The van der Waals surface area contributed by atoms with Crippen molar-refractivity contribution in [1.29, 1.82) is 10.5 Å². The van der Waals surface area contributed by atoms with Crippen molar-refractivity contribution >= 4 is 23.4 Å². The Kier molecular flexibility index (Phi) is 3.50. The van der Waals surface area contributed by atoms with Gasteiger partial charge in [-0.15, -0.1) is 0 Å². The monoisotopic (exact) mass is 273 g/mol. The summed E-state index contributed by atoms with van der Waals surface area (Å²) in [6.07, 6.45) is 0. The Morgan fingerprint density at radius 3 is 2.05 bits per heavy atom. The lowest BCUT2D eigenvalue weighted by molar-refractivity contribution is -0.137. The van der Waals surface area contributed by atoms with Crippen molar-refractivity contribution in [2.75, 3.05) is 0 Å². The molecule has 1 N–H and O–H groups in total. The molecule has 6 heteroatoms. The summed E-state index contributed by atoms with van der Waals surface area (Å²) >= 11 is 6.04. The van der Waals surface area contributed by atoms with Crippen molar-refractivity contribution in [2.45, 2.75) is 5.92 Å². The van der Waals surface area contributed by atoms with Crippen molar-refractivity contribution in [3.05, 3.63) is 34.9 Å². The number of nitrogens with zero attached hydrogens (tertiary/aromatic N) is 2. The molecule has 2 unspecified atom stereocenters. The van der Waals surface area contributed by atoms with Gasteiger partial charge in [0.1, 0.15) is 11.8 Å². The highest BCUT2D eigenvalue weighted by Gasteiger charge is 2.45. The Morgan fingerprint density at radius 2 is 1.58 bits per heavy atom. The highest BCUT2D eigenvalue weighted by molar-refractivity contribution is 6.31. The van der Waals surface area contributed by atoms with Gasteiger partial charge < -0.3 is 0 Å². The number of imide groups is 1. The quantitative estimate of drug-likeness (QED) is 0.782. The standard InChI is InChI=1S/C13H8ClN3O2/c14-10-4-2-1-3-7(10)11-8(5-15)12(18)17-13(19)9(11)6-16/h1-4,8-9,11H,(H,17,18,19). The number of rotatable bonds is 1. The summed E-state index contributed by atoms with van der Waals surface area (Å²) in [4.78, 5) is 23.4. The van der Waals surface area contributed by atoms with E-state index in [9.17, 15) is 9.59 Å². The van der Waals surface area contributed by atoms with E-state index in [1.54, 1.807) is 24.3 Å². The van der Waals surface area contributed by atoms with Gasteiger partial charge in [-0.2, -0.15) is 10.5 Å². The van der Waals surface area contributed by atoms with E-state index in [-0.39, 0.29) is 0 Å². The molecule has 1 heterocycles. The molecule has 19 heavy (non-hydrogen) atoms. The first-order valence-electron chi connectivity index (χ1n) is 5.48. The molecular formula is C13H8ClN3O2. The molecule has 1 fully saturated rings. The lowest BCUT2D eigenvalue weighted by Gasteiger charge is -2.30. The van der Waals surface area contributed by atoms with E-state index < -0.39 is 29.6 Å². The minimum absolute atomic E-state index is 0.329. The number of halogens is 1. The van der Waals surface area contributed by atoms with Crippen LogP contribution in [0.15, 0.2) is 24.3 Å². The van der Waals surface area contributed by atoms with E-state index in [2.05, 4.69) is 0 Å². The molecule has 2 rings (SSSR count). The summed E-state index contributed by atoms with van der Waals surface area (Å²) in [7, 11) is 0. The third kappa shape index (κ3) is 2.16. The van der Waals surface area contributed by atoms with E-state index in [1.165, 1.54) is 0 Å². The van der Waals surface area contributed by atoms with Crippen LogP contribution in [0.2, 0.25) is 5.02 Å². The van der Waals surface area contributed by atoms with E-state index in [1.807, 2.05) is 17.5 Å². The molecule has 94 valence electrons. The maximum Gasteiger partial charge on any atom is 0.244 e. The number of piperidine rings is 1. The highest BCUT2D eigenvalue weighted by atomic mass is 35.5. The van der Waals surface area contributed by atoms with Crippen molar-refractivity contribution < 1.29 is 9.59 Å². The summed E-state index contributed by atoms with van der Waals surface area (Å²) in [5, 5.41) is 20.6. The molecule has 1 aliphatic rings. The molecule has 5 nitrogen and oxygen atoms in total. The molecule has 1 aromatic rings. The number of nitriles is 2. The van der Waals surface area contributed by atoms with Gasteiger partial charge in [0.2, 0.25) is 11.8 Å². The van der Waals surface area contributed by atoms with Gasteiger partial charge >= 0.3 is 0 Å². The summed E-state index contributed by atoms with van der Waals surface area (Å²) in [6, 6.07) is 10.3. The molecule has 1 aliphatic heterocycles. The minimum Gasteiger partial charge on any atom is -0.294 e. The number of amides is 2. The molecule has 0 saturated carbocycles. The largest absolute Gasteiger partial charge is 0.294 e. The summed E-state index contributed by atoms with van der Waals surface area (Å²) in [5.41, 5.74) is 0.463. The normalized spacial score (nSPS) is 26.2. The van der Waals surface area contributed by atoms with Crippen LogP contribution in [0, 0.1) is 34.5 Å². The number of nitrogens with one attached hydrogen (secondary N) is 1. The fraction of sp³-hybridized carbons (Fsp3) is 0.231. The first-order chi connectivity index (χ1) is 9.10. The Morgan fingerprint density at radius 1 is 1.05 bits per heavy atom. The number of carbonyl (C=O) groups is 2. The smallest absolute Gasteiger partial charge is 0.244 e. The number of hydrogen-bond acceptors (Lipinski definition) is 4. The average Bonchev–Trinajstić information content (AvgIpc) is 2.38. The Hall–Kier alpha value is -2.37. The van der Waals surface area contributed by atoms with Crippen LogP contribution in [0.3, 0.4) is 0 Å². The van der Waals surface area contributed by atoms with E-state index in [4.69, 9.17) is 22.1 Å². The lowest BCUT2D eigenvalue weighted by Crippen LogP contribution is -2.49. The zero-order valence-electron chi connectivity index (χ0n) is 9.63. The van der Waals surface area contributed by atoms with Crippen LogP contribution < -0.4 is 5.32 Å². The van der Waals surface area contributed by atoms with E-state index in [0.717, 1.165) is 0 Å². The number of carbonyl (C=O) groups excluding carboxylic acids is 2. The van der Waals surface area contributed by atoms with Gasteiger partial charge in [-0.1, -0.05) is 29.8 Å². The molecule has 1 aromatic carbocycles. The summed E-state index contributed by atoms with van der Waals surface area (Å²) in [5.74, 6) is -4.44. The van der Waals surface area contributed by atoms with Gasteiger partial charge in [0, 0.05) is 10.9 Å². The fourth-order valence-corrected chi connectivity index (χ4v) is 2.44. The second kappa shape index (κ2) is 5.09. The summed E-state index contributed by atoms with van der Waals surface area (Å²) in [6.45, 7) is 0. The second-order valence-corrected chi connectivity index (χ2v) is 4.52. The number of benzene rings is 1. The maximum atomic E-state index is 11.7. The third-order valence-electron chi connectivity index (χ3n) is 3.07. The first kappa shape index (κ1) is 13.1. The van der Waals surface area contributed by atoms with Crippen molar-refractivity contribution in [3.63, 3.8) is 0 Å². The van der Waals surface area contributed by atoms with Crippen LogP contribution in [0.5, 0.6) is 0 Å². The second-order valence-electron chi connectivity index (χ2n) is 4.11. The van der Waals surface area contributed by atoms with Gasteiger partial charge in [-0.3, -0.25) is 14.9 Å². The third-order valence-corrected chi connectivity index (χ3v) is 3.42. The molecular weight excluding hydrogens is 266 g/mol. The topological polar surface area (TPSA) is 93.8 Å². The van der Waals surface area contributed by atoms with E-state index >= 15 is 0 Å². The van der Waals surface area contributed by atoms with Crippen LogP contribution >= 0.6 is 11.6 Å². The van der Waals surface area contributed by atoms with Crippen LogP contribution in [0.4, 0.5) is 0 Å². The van der Waals surface area contributed by atoms with Gasteiger partial charge in [-0.05, 0) is 11.6 Å². The van der Waals surface area contributed by atoms with Crippen LogP contribution in [0.25, 0.3) is 0 Å². The van der Waals surface area contributed by atoms with Crippen LogP contribution in [-0.4, -0.2) is 11.8 Å². The predicted octanol–water partition coefficient (Wildman–Crippen LogP) is 1.36. The van der Waals surface area contributed by atoms with Crippen LogP contribution in [0.1, 0.15) is 11.5 Å². The van der Waals surface area contributed by atoms with E-state index in [0.29, 0.717) is 10.6 Å². The molecule has 0 aliphatic carbocycles. The van der Waals surface area contributed by atoms with Crippen molar-refractivity contribution in [3.8, 4) is 12.1 Å². The SMILES string of the molecule is N#CC1C(=O)NC(=O)C(C#N)C1c1ccccc1Cl. The van der Waals surface area contributed by atoms with Crippen molar-refractivity contribution in [2.24, 2.45) is 11.8 Å². The molecule has 0 bridgehead atoms. The molecule has 2 atom stereocenters. The highest BCUT2D eigenvalue weighted by Crippen LogP contribution is 2.38. The molecule has 0 radical (unpaired) electrons. The molecule has 1 saturated heterocycles. The molecule has 0 aromatic heterocycles. The maximum absolute atomic E-state index is 11.7. The lowest BCUT2D eigenvalue weighted by atomic mass is 9.74. The average molecular weight is 274 g/mol. The molecule has 2 amide bonds. The Bertz CT molecular complexity index is 598. The first-order valence-corrected chi connectivity index (χ1v) is 5.86. The van der Waals surface area contributed by atoms with Gasteiger partial charge in [0.15, 0.2) is 0 Å². The fourth-order valence-electron chi connectivity index (χ4n) is 2.18. The predicted molar refractivity (Wildman–Crippen MR) is 65.5 cm³/mol. The van der Waals surface area contributed by atoms with Gasteiger partial charge in [-0.25, -0.2) is 0 Å². The van der Waals surface area contributed by atoms with Gasteiger partial charge in [0.05, 0.1) is 12.1 Å². The summed E-state index contributed by atoms with van der Waals surface area (Å²) < 4.78 is 0.